The van der Waals surface area contributed by atoms with Crippen molar-refractivity contribution >= 4 is 22.8 Å². The molecule has 2 aromatic heterocycles. The fourth-order valence-electron chi connectivity index (χ4n) is 3.77. The highest BCUT2D eigenvalue weighted by Gasteiger charge is 2.24. The third-order valence-electron chi connectivity index (χ3n) is 5.23. The van der Waals surface area contributed by atoms with E-state index in [1.807, 2.05) is 25.1 Å². The van der Waals surface area contributed by atoms with Crippen LogP contribution in [0.15, 0.2) is 48.1 Å². The van der Waals surface area contributed by atoms with Crippen LogP contribution in [0, 0.1) is 0 Å². The van der Waals surface area contributed by atoms with Gasteiger partial charge in [0, 0.05) is 26.1 Å². The van der Waals surface area contributed by atoms with Gasteiger partial charge in [-0.15, -0.1) is 0 Å². The molecule has 0 spiro atoms. The Morgan fingerprint density at radius 3 is 2.83 bits per heavy atom. The van der Waals surface area contributed by atoms with Crippen molar-refractivity contribution in [3.05, 3.63) is 59.3 Å². The van der Waals surface area contributed by atoms with Gasteiger partial charge in [0.25, 0.3) is 0 Å². The van der Waals surface area contributed by atoms with Gasteiger partial charge in [0.1, 0.15) is 11.6 Å². The molecule has 0 radical (unpaired) electrons. The molecular weight excluding hydrogens is 376 g/mol. The van der Waals surface area contributed by atoms with E-state index in [-0.39, 0.29) is 0 Å². The molecule has 0 aliphatic carbocycles. The normalized spacial score (nSPS) is 14.0. The Morgan fingerprint density at radius 1 is 1.27 bits per heavy atom. The maximum Gasteiger partial charge on any atom is 0.227 e. The number of ether oxygens (including phenoxy) is 1. The Labute approximate surface area is 176 Å². The maximum atomic E-state index is 5.27. The molecule has 1 aliphatic rings. The fourth-order valence-corrected chi connectivity index (χ4v) is 3.77. The van der Waals surface area contributed by atoms with Gasteiger partial charge in [-0.2, -0.15) is 15.1 Å². The van der Waals surface area contributed by atoms with Crippen LogP contribution in [0.3, 0.4) is 0 Å². The second kappa shape index (κ2) is 8.98. The fraction of sp³-hybridized carbons (Fsp3) is 0.348. The Morgan fingerprint density at radius 2 is 2.10 bits per heavy atom. The zero-order valence-electron chi connectivity index (χ0n) is 17.8. The van der Waals surface area contributed by atoms with Gasteiger partial charge >= 0.3 is 0 Å². The molecule has 0 bridgehead atoms. The third-order valence-corrected chi connectivity index (χ3v) is 5.23. The third kappa shape index (κ3) is 4.15. The quantitative estimate of drug-likeness (QED) is 0.547. The smallest absolute Gasteiger partial charge is 0.227 e. The largest absolute Gasteiger partial charge is 0.497 e. The van der Waals surface area contributed by atoms with Crippen molar-refractivity contribution in [2.75, 3.05) is 30.4 Å². The number of H-pyrrole nitrogens is 1. The molecule has 30 heavy (non-hydrogen) atoms. The molecule has 3 heterocycles. The molecule has 0 saturated heterocycles. The lowest BCUT2D eigenvalue weighted by molar-refractivity contribution is 0.414. The van der Waals surface area contributed by atoms with Gasteiger partial charge in [0.2, 0.25) is 5.95 Å². The van der Waals surface area contributed by atoms with E-state index in [0.29, 0.717) is 18.1 Å². The molecule has 2 N–H and O–H groups in total. The number of benzene rings is 1. The van der Waals surface area contributed by atoms with Gasteiger partial charge in [-0.25, -0.2) is 0 Å². The lowest BCUT2D eigenvalue weighted by Gasteiger charge is -2.28. The van der Waals surface area contributed by atoms with E-state index in [0.717, 1.165) is 48.6 Å². The first-order chi connectivity index (χ1) is 14.7. The zero-order valence-corrected chi connectivity index (χ0v) is 17.8. The van der Waals surface area contributed by atoms with Crippen molar-refractivity contribution in [1.82, 2.24) is 20.2 Å². The minimum absolute atomic E-state index is 0.601. The summed E-state index contributed by atoms with van der Waals surface area (Å²) in [5, 5.41) is 12.0. The van der Waals surface area contributed by atoms with E-state index in [4.69, 9.17) is 9.72 Å². The minimum Gasteiger partial charge on any atom is -0.497 e. The van der Waals surface area contributed by atoms with E-state index in [2.05, 4.69) is 56.6 Å². The number of methoxy groups -OCH3 is 1. The first kappa shape index (κ1) is 19.9. The number of nitrogens with zero attached hydrogens (tertiary/aromatic N) is 4. The van der Waals surface area contributed by atoms with Crippen LogP contribution in [0.5, 0.6) is 5.75 Å². The number of nitrogens with one attached hydrogen (secondary N) is 2. The minimum atomic E-state index is 0.601. The van der Waals surface area contributed by atoms with Crippen molar-refractivity contribution in [2.45, 2.75) is 33.2 Å². The van der Waals surface area contributed by atoms with Crippen molar-refractivity contribution in [1.29, 1.82) is 0 Å². The summed E-state index contributed by atoms with van der Waals surface area (Å²) in [6.45, 7) is 6.50. The van der Waals surface area contributed by atoms with E-state index < -0.39 is 0 Å². The van der Waals surface area contributed by atoms with Crippen LogP contribution in [0.4, 0.5) is 11.8 Å². The van der Waals surface area contributed by atoms with Gasteiger partial charge in [-0.1, -0.05) is 37.3 Å². The predicted molar refractivity (Wildman–Crippen MR) is 121 cm³/mol. The molecule has 1 aromatic carbocycles. The average Bonchev–Trinajstić information content (AvgIpc) is 3.19. The van der Waals surface area contributed by atoms with Crippen LogP contribution in [0.1, 0.15) is 31.5 Å². The molecule has 3 aromatic rings. The number of aromatic amines is 1. The molecule has 0 atom stereocenters. The number of anilines is 2. The number of allylic oxidation sites excluding steroid dienone is 2. The monoisotopic (exact) mass is 404 g/mol. The van der Waals surface area contributed by atoms with Crippen LogP contribution >= 0.6 is 0 Å². The first-order valence-corrected chi connectivity index (χ1v) is 10.4. The Hall–Kier alpha value is -3.35. The Balaban J connectivity index is 1.61. The standard InChI is InChI=1S/C23H28N6O/c1-4-6-16(7-5-2)14-24-23-25-21-20-19(27-28-21)12-13-29(22(20)26-23)15-17-8-10-18(30-3)11-9-17/h4,6-11H,5,12-15H2,1-3H3,(H2,24,25,26,27,28)/b6-4-,16-7+. The lowest BCUT2D eigenvalue weighted by Crippen LogP contribution is -2.29. The maximum absolute atomic E-state index is 5.27. The lowest BCUT2D eigenvalue weighted by atomic mass is 10.1. The number of hydrogen-bond donors (Lipinski definition) is 2. The summed E-state index contributed by atoms with van der Waals surface area (Å²) in [6, 6.07) is 8.18. The van der Waals surface area contributed by atoms with E-state index >= 15 is 0 Å². The summed E-state index contributed by atoms with van der Waals surface area (Å²) in [4.78, 5) is 11.8. The predicted octanol–water partition coefficient (Wildman–Crippen LogP) is 4.25. The van der Waals surface area contributed by atoms with Crippen LogP contribution in [-0.4, -0.2) is 40.4 Å². The van der Waals surface area contributed by atoms with E-state index in [9.17, 15) is 0 Å². The highest BCUT2D eigenvalue weighted by Crippen LogP contribution is 2.32. The topological polar surface area (TPSA) is 79.0 Å². The van der Waals surface area contributed by atoms with E-state index in [1.54, 1.807) is 7.11 Å². The molecule has 7 heteroatoms. The van der Waals surface area contributed by atoms with Crippen LogP contribution in [0.2, 0.25) is 0 Å². The van der Waals surface area contributed by atoms with Crippen molar-refractivity contribution in [3.63, 3.8) is 0 Å². The van der Waals surface area contributed by atoms with Crippen molar-refractivity contribution in [2.24, 2.45) is 0 Å². The summed E-state index contributed by atoms with van der Waals surface area (Å²) in [5.74, 6) is 2.39. The number of aromatic nitrogens is 4. The van der Waals surface area contributed by atoms with Crippen molar-refractivity contribution in [3.8, 4) is 5.75 Å². The molecule has 156 valence electrons. The Bertz CT molecular complexity index is 1070. The van der Waals surface area contributed by atoms with Crippen LogP contribution in [-0.2, 0) is 13.0 Å². The summed E-state index contributed by atoms with van der Waals surface area (Å²) in [6.07, 6.45) is 8.26. The molecule has 0 amide bonds. The molecular formula is C23H28N6O. The molecule has 7 nitrogen and oxygen atoms in total. The van der Waals surface area contributed by atoms with Crippen LogP contribution in [0.25, 0.3) is 11.0 Å². The zero-order chi connectivity index (χ0) is 20.9. The average molecular weight is 405 g/mol. The number of rotatable bonds is 8. The summed E-state index contributed by atoms with van der Waals surface area (Å²) in [7, 11) is 1.68. The van der Waals surface area contributed by atoms with Gasteiger partial charge < -0.3 is 15.0 Å². The molecule has 0 saturated carbocycles. The summed E-state index contributed by atoms with van der Waals surface area (Å²) >= 11 is 0. The summed E-state index contributed by atoms with van der Waals surface area (Å²) in [5.41, 5.74) is 4.25. The molecule has 0 fully saturated rings. The first-order valence-electron chi connectivity index (χ1n) is 10.4. The van der Waals surface area contributed by atoms with Crippen LogP contribution < -0.4 is 15.0 Å². The molecule has 1 aliphatic heterocycles. The molecule has 4 rings (SSSR count). The van der Waals surface area contributed by atoms with E-state index in [1.165, 1.54) is 11.1 Å². The summed E-state index contributed by atoms with van der Waals surface area (Å²) < 4.78 is 5.27. The second-order valence-corrected chi connectivity index (χ2v) is 7.33. The van der Waals surface area contributed by atoms with Gasteiger partial charge in [-0.05, 0) is 36.6 Å². The molecule has 0 unspecified atom stereocenters. The van der Waals surface area contributed by atoms with Gasteiger partial charge in [0.15, 0.2) is 5.65 Å². The Kier molecular flexibility index (Phi) is 5.97. The second-order valence-electron chi connectivity index (χ2n) is 7.33. The number of hydrogen-bond acceptors (Lipinski definition) is 6. The highest BCUT2D eigenvalue weighted by molar-refractivity contribution is 5.91. The van der Waals surface area contributed by atoms with Crippen molar-refractivity contribution < 1.29 is 4.74 Å². The highest BCUT2D eigenvalue weighted by atomic mass is 16.5. The SMILES string of the molecule is C/C=C\C(=C/CC)CNc1nc2c3c([nH]nc3n1)CCN2Cc1ccc(OC)cc1. The van der Waals surface area contributed by atoms with Gasteiger partial charge in [-0.3, -0.25) is 5.10 Å². The van der Waals surface area contributed by atoms with Gasteiger partial charge in [0.05, 0.1) is 18.2 Å².